The summed E-state index contributed by atoms with van der Waals surface area (Å²) in [7, 11) is 0. The molecular weight excluding hydrogens is 176 g/mol. The summed E-state index contributed by atoms with van der Waals surface area (Å²) in [5, 5.41) is 3.38. The maximum atomic E-state index is 5.70. The molecule has 0 bridgehead atoms. The smallest absolute Gasteiger partial charge is 0.211 e. The molecule has 78 valence electrons. The number of rotatable bonds is 3. The van der Waals surface area contributed by atoms with Crippen LogP contribution in [0.4, 0.5) is 0 Å². The second kappa shape index (κ2) is 4.13. The lowest BCUT2D eigenvalue weighted by molar-refractivity contribution is 0.391. The quantitative estimate of drug-likeness (QED) is 0.802. The molecule has 3 heteroatoms. The van der Waals surface area contributed by atoms with Crippen molar-refractivity contribution in [1.29, 1.82) is 0 Å². The molecule has 1 atom stereocenters. The van der Waals surface area contributed by atoms with Crippen LogP contribution < -0.4 is 5.32 Å². The van der Waals surface area contributed by atoms with Crippen molar-refractivity contribution < 1.29 is 4.42 Å². The monoisotopic (exact) mass is 194 g/mol. The first-order chi connectivity index (χ1) is 6.75. The molecule has 1 saturated heterocycles. The minimum atomic E-state index is 0.357. The number of nitrogens with zero attached hydrogens (tertiary/aromatic N) is 1. The summed E-state index contributed by atoms with van der Waals surface area (Å²) in [6, 6.07) is 0.357. The predicted molar refractivity (Wildman–Crippen MR) is 55.0 cm³/mol. The Morgan fingerprint density at radius 2 is 2.50 bits per heavy atom. The van der Waals surface area contributed by atoms with Crippen molar-refractivity contribution in [2.24, 2.45) is 5.92 Å². The van der Waals surface area contributed by atoms with Gasteiger partial charge in [-0.25, -0.2) is 4.98 Å². The third-order valence-corrected chi connectivity index (χ3v) is 2.54. The van der Waals surface area contributed by atoms with Gasteiger partial charge in [-0.15, -0.1) is 0 Å². The summed E-state index contributed by atoms with van der Waals surface area (Å²) in [4.78, 5) is 4.32. The highest BCUT2D eigenvalue weighted by Crippen LogP contribution is 2.23. The van der Waals surface area contributed by atoms with Crippen LogP contribution in [0.1, 0.15) is 44.4 Å². The molecule has 0 spiro atoms. The molecule has 2 rings (SSSR count). The van der Waals surface area contributed by atoms with Crippen LogP contribution in [-0.2, 0) is 6.42 Å². The molecule has 2 heterocycles. The first-order valence-electron chi connectivity index (χ1n) is 5.43. The zero-order valence-electron chi connectivity index (χ0n) is 8.92. The fourth-order valence-corrected chi connectivity index (χ4v) is 1.88. The van der Waals surface area contributed by atoms with Gasteiger partial charge in [-0.3, -0.25) is 0 Å². The Labute approximate surface area is 84.9 Å². The fraction of sp³-hybridized carbons (Fsp3) is 0.727. The first kappa shape index (κ1) is 9.71. The summed E-state index contributed by atoms with van der Waals surface area (Å²) in [6.45, 7) is 5.47. The highest BCUT2D eigenvalue weighted by molar-refractivity contribution is 5.00. The Kier molecular flexibility index (Phi) is 2.87. The third-order valence-electron chi connectivity index (χ3n) is 2.54. The van der Waals surface area contributed by atoms with Gasteiger partial charge in [0.25, 0.3) is 0 Å². The van der Waals surface area contributed by atoms with Crippen molar-refractivity contribution in [1.82, 2.24) is 10.3 Å². The van der Waals surface area contributed by atoms with Crippen LogP contribution in [0.3, 0.4) is 0 Å². The van der Waals surface area contributed by atoms with Crippen molar-refractivity contribution in [2.45, 2.75) is 39.2 Å². The average molecular weight is 194 g/mol. The lowest BCUT2D eigenvalue weighted by atomic mass is 10.1. The molecule has 1 fully saturated rings. The van der Waals surface area contributed by atoms with Crippen LogP contribution in [0.25, 0.3) is 0 Å². The largest absolute Gasteiger partial charge is 0.444 e. The highest BCUT2D eigenvalue weighted by Gasteiger charge is 2.20. The third kappa shape index (κ3) is 2.15. The Morgan fingerprint density at radius 3 is 3.14 bits per heavy atom. The second-order valence-electron chi connectivity index (χ2n) is 4.41. The van der Waals surface area contributed by atoms with Crippen LogP contribution in [0.2, 0.25) is 0 Å². The van der Waals surface area contributed by atoms with Gasteiger partial charge in [0.2, 0.25) is 5.89 Å². The molecule has 14 heavy (non-hydrogen) atoms. The van der Waals surface area contributed by atoms with E-state index >= 15 is 0 Å². The predicted octanol–water partition coefficient (Wildman–Crippen LogP) is 2.30. The Morgan fingerprint density at radius 1 is 1.64 bits per heavy atom. The second-order valence-corrected chi connectivity index (χ2v) is 4.41. The molecule has 0 saturated carbocycles. The summed E-state index contributed by atoms with van der Waals surface area (Å²) in [5.74, 6) is 2.52. The summed E-state index contributed by atoms with van der Waals surface area (Å²) in [5.41, 5.74) is 0. The normalized spacial score (nSPS) is 22.1. The maximum absolute atomic E-state index is 5.70. The van der Waals surface area contributed by atoms with Crippen molar-refractivity contribution in [2.75, 3.05) is 6.54 Å². The van der Waals surface area contributed by atoms with Gasteiger partial charge >= 0.3 is 0 Å². The molecule has 0 aliphatic carbocycles. The minimum Gasteiger partial charge on any atom is -0.444 e. The van der Waals surface area contributed by atoms with Crippen LogP contribution >= 0.6 is 0 Å². The number of aromatic nitrogens is 1. The lowest BCUT2D eigenvalue weighted by Crippen LogP contribution is -2.12. The minimum absolute atomic E-state index is 0.357. The fourth-order valence-electron chi connectivity index (χ4n) is 1.88. The molecule has 0 aromatic carbocycles. The molecule has 1 unspecified atom stereocenters. The Balaban J connectivity index is 2.01. The van der Waals surface area contributed by atoms with Crippen LogP contribution in [0.5, 0.6) is 0 Å². The first-order valence-corrected chi connectivity index (χ1v) is 5.43. The molecule has 1 aromatic rings. The Bertz CT molecular complexity index is 287. The van der Waals surface area contributed by atoms with E-state index in [0.29, 0.717) is 12.0 Å². The van der Waals surface area contributed by atoms with Gasteiger partial charge < -0.3 is 9.73 Å². The van der Waals surface area contributed by atoms with Gasteiger partial charge in [-0.05, 0) is 25.3 Å². The zero-order chi connectivity index (χ0) is 9.97. The van der Waals surface area contributed by atoms with E-state index in [2.05, 4.69) is 24.1 Å². The van der Waals surface area contributed by atoms with Crippen molar-refractivity contribution in [3.8, 4) is 0 Å². The highest BCUT2D eigenvalue weighted by atomic mass is 16.4. The average Bonchev–Trinajstić information content (AvgIpc) is 2.69. The van der Waals surface area contributed by atoms with Crippen molar-refractivity contribution in [3.05, 3.63) is 17.8 Å². The van der Waals surface area contributed by atoms with E-state index in [1.54, 1.807) is 0 Å². The van der Waals surface area contributed by atoms with Gasteiger partial charge in [0.05, 0.1) is 12.2 Å². The van der Waals surface area contributed by atoms with Gasteiger partial charge in [0.1, 0.15) is 5.76 Å². The van der Waals surface area contributed by atoms with E-state index in [9.17, 15) is 0 Å². The van der Waals surface area contributed by atoms with E-state index in [0.717, 1.165) is 31.0 Å². The van der Waals surface area contributed by atoms with Crippen LogP contribution in [0, 0.1) is 5.92 Å². The zero-order valence-corrected chi connectivity index (χ0v) is 8.92. The summed E-state index contributed by atoms with van der Waals surface area (Å²) >= 11 is 0. The van der Waals surface area contributed by atoms with Gasteiger partial charge in [0, 0.05) is 6.42 Å². The molecule has 0 amide bonds. The SMILES string of the molecule is CC(C)Cc1cnc(C2CCCN2)o1. The summed E-state index contributed by atoms with van der Waals surface area (Å²) in [6.07, 6.45) is 5.24. The van der Waals surface area contributed by atoms with Crippen molar-refractivity contribution in [3.63, 3.8) is 0 Å². The van der Waals surface area contributed by atoms with E-state index in [-0.39, 0.29) is 0 Å². The van der Waals surface area contributed by atoms with Crippen LogP contribution in [0.15, 0.2) is 10.6 Å². The maximum Gasteiger partial charge on any atom is 0.211 e. The number of nitrogens with one attached hydrogen (secondary N) is 1. The standard InChI is InChI=1S/C11H18N2O/c1-8(2)6-9-7-13-11(14-9)10-4-3-5-12-10/h7-8,10,12H,3-6H2,1-2H3. The molecule has 1 aliphatic heterocycles. The number of oxazole rings is 1. The molecular formula is C11H18N2O. The van der Waals surface area contributed by atoms with Crippen LogP contribution in [-0.4, -0.2) is 11.5 Å². The summed E-state index contributed by atoms with van der Waals surface area (Å²) < 4.78 is 5.70. The van der Waals surface area contributed by atoms with Gasteiger partial charge in [-0.2, -0.15) is 0 Å². The molecule has 1 N–H and O–H groups in total. The van der Waals surface area contributed by atoms with E-state index in [4.69, 9.17) is 4.42 Å². The molecule has 3 nitrogen and oxygen atoms in total. The lowest BCUT2D eigenvalue weighted by Gasteiger charge is -2.04. The molecule has 0 radical (unpaired) electrons. The molecule has 1 aromatic heterocycles. The van der Waals surface area contributed by atoms with Gasteiger partial charge in [0.15, 0.2) is 0 Å². The Hall–Kier alpha value is -0.830. The number of hydrogen-bond acceptors (Lipinski definition) is 3. The van der Waals surface area contributed by atoms with E-state index in [1.165, 1.54) is 6.42 Å². The van der Waals surface area contributed by atoms with Crippen molar-refractivity contribution >= 4 is 0 Å². The van der Waals surface area contributed by atoms with Gasteiger partial charge in [-0.1, -0.05) is 13.8 Å². The molecule has 1 aliphatic rings. The number of hydrogen-bond donors (Lipinski definition) is 1. The van der Waals surface area contributed by atoms with E-state index in [1.807, 2.05) is 6.20 Å². The topological polar surface area (TPSA) is 38.1 Å². The van der Waals surface area contributed by atoms with E-state index < -0.39 is 0 Å².